The van der Waals surface area contributed by atoms with Gasteiger partial charge >= 0.3 is 0 Å². The van der Waals surface area contributed by atoms with E-state index in [-0.39, 0.29) is 0 Å². The first-order valence-electron chi connectivity index (χ1n) is 5.68. The van der Waals surface area contributed by atoms with Crippen molar-refractivity contribution in [2.75, 3.05) is 17.6 Å². The molecule has 2 aromatic heterocycles. The topological polar surface area (TPSA) is 68.8 Å². The Hall–Kier alpha value is -2.04. The van der Waals surface area contributed by atoms with E-state index in [4.69, 9.17) is 5.73 Å². The molecule has 0 unspecified atom stereocenters. The second kappa shape index (κ2) is 5.34. The molecule has 0 saturated heterocycles. The summed E-state index contributed by atoms with van der Waals surface area (Å²) in [5, 5.41) is 3.25. The van der Waals surface area contributed by atoms with Gasteiger partial charge in [0.15, 0.2) is 0 Å². The number of anilines is 2. The summed E-state index contributed by atoms with van der Waals surface area (Å²) in [6.07, 6.45) is 6.57. The van der Waals surface area contributed by atoms with Crippen molar-refractivity contribution in [1.82, 2.24) is 14.5 Å². The molecule has 90 valence electrons. The van der Waals surface area contributed by atoms with Gasteiger partial charge in [-0.2, -0.15) is 0 Å². The summed E-state index contributed by atoms with van der Waals surface area (Å²) >= 11 is 0. The normalized spacial score (nSPS) is 10.4. The van der Waals surface area contributed by atoms with Gasteiger partial charge in [-0.1, -0.05) is 0 Å². The van der Waals surface area contributed by atoms with Gasteiger partial charge in [-0.15, -0.1) is 0 Å². The molecule has 0 bridgehead atoms. The van der Waals surface area contributed by atoms with E-state index in [1.54, 1.807) is 6.20 Å². The third-order valence-electron chi connectivity index (χ3n) is 2.51. The van der Waals surface area contributed by atoms with Gasteiger partial charge in [0.05, 0.1) is 12.0 Å². The van der Waals surface area contributed by atoms with Crippen LogP contribution >= 0.6 is 0 Å². The fourth-order valence-corrected chi connectivity index (χ4v) is 1.60. The number of aromatic nitrogens is 3. The Morgan fingerprint density at radius 3 is 3.06 bits per heavy atom. The number of nitrogen functional groups attached to an aromatic ring is 1. The first-order chi connectivity index (χ1) is 8.25. The van der Waals surface area contributed by atoms with Crippen molar-refractivity contribution in [2.24, 2.45) is 0 Å². The highest BCUT2D eigenvalue weighted by Gasteiger charge is 1.99. The van der Waals surface area contributed by atoms with Crippen LogP contribution in [0.3, 0.4) is 0 Å². The molecule has 2 heterocycles. The molecule has 2 rings (SSSR count). The second-order valence-corrected chi connectivity index (χ2v) is 3.97. The summed E-state index contributed by atoms with van der Waals surface area (Å²) < 4.78 is 2.05. The maximum atomic E-state index is 5.83. The summed E-state index contributed by atoms with van der Waals surface area (Å²) in [5.41, 5.74) is 7.49. The van der Waals surface area contributed by atoms with Gasteiger partial charge in [0.1, 0.15) is 5.82 Å². The lowest BCUT2D eigenvalue weighted by Gasteiger charge is -2.09. The van der Waals surface area contributed by atoms with Crippen LogP contribution < -0.4 is 11.1 Å². The van der Waals surface area contributed by atoms with Crippen LogP contribution in [-0.2, 0) is 6.54 Å². The minimum absolute atomic E-state index is 0.693. The molecule has 0 amide bonds. The van der Waals surface area contributed by atoms with E-state index >= 15 is 0 Å². The summed E-state index contributed by atoms with van der Waals surface area (Å²) in [4.78, 5) is 8.35. The van der Waals surface area contributed by atoms with E-state index in [1.807, 2.05) is 31.6 Å². The van der Waals surface area contributed by atoms with Gasteiger partial charge < -0.3 is 15.6 Å². The Morgan fingerprint density at radius 1 is 1.41 bits per heavy atom. The quantitative estimate of drug-likeness (QED) is 0.768. The van der Waals surface area contributed by atoms with Crippen molar-refractivity contribution in [3.63, 3.8) is 0 Å². The molecule has 5 nitrogen and oxygen atoms in total. The van der Waals surface area contributed by atoms with E-state index in [1.165, 1.54) is 0 Å². The molecule has 5 heteroatoms. The molecule has 0 atom stereocenters. The highest BCUT2D eigenvalue weighted by molar-refractivity contribution is 5.61. The summed E-state index contributed by atoms with van der Waals surface area (Å²) in [7, 11) is 0. The lowest BCUT2D eigenvalue weighted by molar-refractivity contribution is 0.660. The highest BCUT2D eigenvalue weighted by atomic mass is 15.0. The molecule has 0 radical (unpaired) electrons. The van der Waals surface area contributed by atoms with Crippen LogP contribution in [0.4, 0.5) is 11.5 Å². The van der Waals surface area contributed by atoms with E-state index in [9.17, 15) is 0 Å². The Balaban J connectivity index is 1.80. The number of rotatable bonds is 5. The van der Waals surface area contributed by atoms with Crippen LogP contribution in [0.25, 0.3) is 0 Å². The standard InChI is InChI=1S/C12H17N5/c1-10-3-4-11(13)12(16-10)15-5-2-7-17-8-6-14-9-17/h3-4,6,8-9H,2,5,7,13H2,1H3,(H,15,16). The minimum Gasteiger partial charge on any atom is -0.396 e. The van der Waals surface area contributed by atoms with Crippen molar-refractivity contribution in [3.05, 3.63) is 36.5 Å². The number of nitrogens with zero attached hydrogens (tertiary/aromatic N) is 3. The molecule has 0 aliphatic carbocycles. The van der Waals surface area contributed by atoms with E-state index in [2.05, 4.69) is 19.9 Å². The van der Waals surface area contributed by atoms with Gasteiger partial charge in [-0.25, -0.2) is 9.97 Å². The molecule has 0 spiro atoms. The largest absolute Gasteiger partial charge is 0.396 e. The number of pyridine rings is 1. The smallest absolute Gasteiger partial charge is 0.149 e. The van der Waals surface area contributed by atoms with Gasteiger partial charge in [0, 0.05) is 31.2 Å². The van der Waals surface area contributed by atoms with E-state index in [0.29, 0.717) is 5.69 Å². The highest BCUT2D eigenvalue weighted by Crippen LogP contribution is 2.14. The third kappa shape index (κ3) is 3.21. The minimum atomic E-state index is 0.693. The second-order valence-electron chi connectivity index (χ2n) is 3.97. The van der Waals surface area contributed by atoms with E-state index in [0.717, 1.165) is 31.0 Å². The van der Waals surface area contributed by atoms with Crippen LogP contribution in [-0.4, -0.2) is 21.1 Å². The lowest BCUT2D eigenvalue weighted by atomic mass is 10.3. The SMILES string of the molecule is Cc1ccc(N)c(NCCCn2ccnc2)n1. The maximum Gasteiger partial charge on any atom is 0.149 e. The van der Waals surface area contributed by atoms with Gasteiger partial charge in [-0.3, -0.25) is 0 Å². The van der Waals surface area contributed by atoms with Crippen LogP contribution in [0, 0.1) is 6.92 Å². The predicted octanol–water partition coefficient (Wildman–Crippen LogP) is 1.67. The van der Waals surface area contributed by atoms with E-state index < -0.39 is 0 Å². The van der Waals surface area contributed by atoms with Gasteiger partial charge in [-0.05, 0) is 25.5 Å². The molecule has 0 aliphatic heterocycles. The zero-order valence-corrected chi connectivity index (χ0v) is 9.93. The molecule has 0 aromatic carbocycles. The maximum absolute atomic E-state index is 5.83. The summed E-state index contributed by atoms with van der Waals surface area (Å²) in [6.45, 7) is 3.74. The monoisotopic (exact) mass is 231 g/mol. The Labute approximate surface area is 101 Å². The van der Waals surface area contributed by atoms with Crippen LogP contribution in [0.2, 0.25) is 0 Å². The molecule has 2 aromatic rings. The Kier molecular flexibility index (Phi) is 3.59. The van der Waals surface area contributed by atoms with Crippen molar-refractivity contribution in [3.8, 4) is 0 Å². The average Bonchev–Trinajstić information content (AvgIpc) is 2.82. The number of nitrogens with two attached hydrogens (primary N) is 1. The first-order valence-corrected chi connectivity index (χ1v) is 5.68. The summed E-state index contributed by atoms with van der Waals surface area (Å²) in [5.74, 6) is 0.774. The number of hydrogen-bond acceptors (Lipinski definition) is 4. The van der Waals surface area contributed by atoms with Gasteiger partial charge in [0.25, 0.3) is 0 Å². The van der Waals surface area contributed by atoms with Crippen molar-refractivity contribution in [2.45, 2.75) is 19.9 Å². The molecule has 0 fully saturated rings. The number of hydrogen-bond donors (Lipinski definition) is 2. The fraction of sp³-hybridized carbons (Fsp3) is 0.333. The molecular formula is C12H17N5. The van der Waals surface area contributed by atoms with Crippen molar-refractivity contribution in [1.29, 1.82) is 0 Å². The number of imidazole rings is 1. The summed E-state index contributed by atoms with van der Waals surface area (Å²) in [6, 6.07) is 3.78. The zero-order chi connectivity index (χ0) is 12.1. The predicted molar refractivity (Wildman–Crippen MR) is 68.7 cm³/mol. The van der Waals surface area contributed by atoms with Crippen LogP contribution in [0.1, 0.15) is 12.1 Å². The van der Waals surface area contributed by atoms with Crippen LogP contribution in [0.5, 0.6) is 0 Å². The lowest BCUT2D eigenvalue weighted by Crippen LogP contribution is -2.09. The van der Waals surface area contributed by atoms with Crippen LogP contribution in [0.15, 0.2) is 30.9 Å². The molecule has 17 heavy (non-hydrogen) atoms. The zero-order valence-electron chi connectivity index (χ0n) is 9.93. The number of aryl methyl sites for hydroxylation is 2. The fourth-order valence-electron chi connectivity index (χ4n) is 1.60. The average molecular weight is 231 g/mol. The third-order valence-corrected chi connectivity index (χ3v) is 2.51. The Bertz CT molecular complexity index is 464. The molecular weight excluding hydrogens is 214 g/mol. The van der Waals surface area contributed by atoms with Gasteiger partial charge in [0.2, 0.25) is 0 Å². The molecule has 0 saturated carbocycles. The number of nitrogens with one attached hydrogen (secondary N) is 1. The van der Waals surface area contributed by atoms with Crippen molar-refractivity contribution >= 4 is 11.5 Å². The van der Waals surface area contributed by atoms with Crippen molar-refractivity contribution < 1.29 is 0 Å². The molecule has 0 aliphatic rings. The Morgan fingerprint density at radius 2 is 2.29 bits per heavy atom. The molecule has 3 N–H and O–H groups in total. The first kappa shape index (κ1) is 11.4.